The summed E-state index contributed by atoms with van der Waals surface area (Å²) in [6, 6.07) is 8.40. The first-order valence-electron chi connectivity index (χ1n) is 6.65. The maximum absolute atomic E-state index is 9.77. The highest BCUT2D eigenvalue weighted by atomic mass is 16.5. The number of aromatic nitrogens is 1. The van der Waals surface area contributed by atoms with Gasteiger partial charge in [-0.15, -0.1) is 0 Å². The van der Waals surface area contributed by atoms with Crippen LogP contribution >= 0.6 is 0 Å². The summed E-state index contributed by atoms with van der Waals surface area (Å²) in [5, 5.41) is 14.4. The van der Waals surface area contributed by atoms with Gasteiger partial charge in [-0.25, -0.2) is 0 Å². The number of aliphatic hydroxyl groups is 1. The molecule has 1 saturated heterocycles. The van der Waals surface area contributed by atoms with Gasteiger partial charge in [0, 0.05) is 22.6 Å². The van der Waals surface area contributed by atoms with Crippen molar-refractivity contribution >= 4 is 10.9 Å². The third-order valence-electron chi connectivity index (χ3n) is 4.23. The van der Waals surface area contributed by atoms with Crippen molar-refractivity contribution in [2.75, 3.05) is 26.9 Å². The van der Waals surface area contributed by atoms with Crippen LogP contribution in [-0.4, -0.2) is 37.0 Å². The SMILES string of the molecule is CNC(c1c(C)[nH]c2ccccc12)C1(CO)COC1. The second-order valence-electron chi connectivity index (χ2n) is 5.44. The minimum atomic E-state index is -0.204. The second kappa shape index (κ2) is 4.63. The molecule has 0 radical (unpaired) electrons. The first-order chi connectivity index (χ1) is 9.22. The van der Waals surface area contributed by atoms with Crippen molar-refractivity contribution < 1.29 is 9.84 Å². The van der Waals surface area contributed by atoms with Crippen molar-refractivity contribution in [1.29, 1.82) is 0 Å². The van der Waals surface area contributed by atoms with Gasteiger partial charge in [-0.2, -0.15) is 0 Å². The molecule has 4 nitrogen and oxygen atoms in total. The lowest BCUT2D eigenvalue weighted by atomic mass is 9.75. The fourth-order valence-corrected chi connectivity index (χ4v) is 3.14. The minimum Gasteiger partial charge on any atom is -0.396 e. The lowest BCUT2D eigenvalue weighted by Crippen LogP contribution is -2.53. The molecule has 19 heavy (non-hydrogen) atoms. The molecule has 0 amide bonds. The molecule has 1 aliphatic rings. The Morgan fingerprint density at radius 1 is 1.42 bits per heavy atom. The van der Waals surface area contributed by atoms with E-state index in [0.29, 0.717) is 13.2 Å². The molecule has 1 aliphatic heterocycles. The molecule has 1 atom stereocenters. The van der Waals surface area contributed by atoms with Crippen LogP contribution in [0.4, 0.5) is 0 Å². The first-order valence-corrected chi connectivity index (χ1v) is 6.65. The Kier molecular flexibility index (Phi) is 3.09. The highest BCUT2D eigenvalue weighted by Crippen LogP contribution is 2.43. The maximum atomic E-state index is 9.77. The summed E-state index contributed by atoms with van der Waals surface area (Å²) in [6.07, 6.45) is 0. The molecule has 1 fully saturated rings. The molecule has 3 rings (SSSR count). The summed E-state index contributed by atoms with van der Waals surface area (Å²) in [7, 11) is 1.95. The van der Waals surface area contributed by atoms with E-state index < -0.39 is 0 Å². The van der Waals surface area contributed by atoms with Gasteiger partial charge in [0.1, 0.15) is 0 Å². The number of rotatable bonds is 4. The number of aromatic amines is 1. The molecule has 0 aliphatic carbocycles. The highest BCUT2D eigenvalue weighted by molar-refractivity contribution is 5.85. The fraction of sp³-hybridized carbons (Fsp3) is 0.467. The van der Waals surface area contributed by atoms with Gasteiger partial charge in [0.25, 0.3) is 0 Å². The zero-order valence-corrected chi connectivity index (χ0v) is 11.4. The van der Waals surface area contributed by atoms with Gasteiger partial charge in [0.15, 0.2) is 0 Å². The number of nitrogens with one attached hydrogen (secondary N) is 2. The topological polar surface area (TPSA) is 57.3 Å². The molecule has 1 unspecified atom stereocenters. The standard InChI is InChI=1S/C15H20N2O2/c1-10-13(11-5-3-4-6-12(11)17-10)14(16-2)15(7-18)8-19-9-15/h3-6,14,16-18H,7-9H2,1-2H3. The van der Waals surface area contributed by atoms with Crippen LogP contribution in [0.15, 0.2) is 24.3 Å². The van der Waals surface area contributed by atoms with E-state index in [4.69, 9.17) is 4.74 Å². The van der Waals surface area contributed by atoms with Gasteiger partial charge in [0.05, 0.1) is 25.2 Å². The van der Waals surface area contributed by atoms with E-state index >= 15 is 0 Å². The molecule has 4 heteroatoms. The van der Waals surface area contributed by atoms with E-state index in [1.807, 2.05) is 13.1 Å². The van der Waals surface area contributed by atoms with E-state index in [0.717, 1.165) is 11.2 Å². The van der Waals surface area contributed by atoms with Crippen molar-refractivity contribution in [1.82, 2.24) is 10.3 Å². The lowest BCUT2D eigenvalue weighted by molar-refractivity contribution is -0.155. The Bertz CT molecular complexity index is 581. The molecule has 0 spiro atoms. The zero-order chi connectivity index (χ0) is 13.5. The molecule has 2 aromatic rings. The average Bonchev–Trinajstić information content (AvgIpc) is 2.70. The third-order valence-corrected chi connectivity index (χ3v) is 4.23. The quantitative estimate of drug-likeness (QED) is 0.785. The van der Waals surface area contributed by atoms with Crippen molar-refractivity contribution in [3.05, 3.63) is 35.5 Å². The van der Waals surface area contributed by atoms with Crippen molar-refractivity contribution in [2.45, 2.75) is 13.0 Å². The summed E-state index contributed by atoms with van der Waals surface area (Å²) in [4.78, 5) is 3.42. The fourth-order valence-electron chi connectivity index (χ4n) is 3.14. The second-order valence-corrected chi connectivity index (χ2v) is 5.44. The van der Waals surface area contributed by atoms with Gasteiger partial charge in [-0.1, -0.05) is 18.2 Å². The number of aliphatic hydroxyl groups excluding tert-OH is 1. The number of para-hydroxylation sites is 1. The van der Waals surface area contributed by atoms with Gasteiger partial charge in [0.2, 0.25) is 0 Å². The number of ether oxygens (including phenoxy) is 1. The Hall–Kier alpha value is -1.36. The normalized spacial score (nSPS) is 19.3. The van der Waals surface area contributed by atoms with Crippen LogP contribution in [0.25, 0.3) is 10.9 Å². The monoisotopic (exact) mass is 260 g/mol. The number of hydrogen-bond donors (Lipinski definition) is 3. The molecule has 0 saturated carbocycles. The predicted molar refractivity (Wildman–Crippen MR) is 75.2 cm³/mol. The molecular formula is C15H20N2O2. The summed E-state index contributed by atoms with van der Waals surface area (Å²) < 4.78 is 5.35. The number of H-pyrrole nitrogens is 1. The molecule has 2 heterocycles. The Labute approximate surface area is 112 Å². The van der Waals surface area contributed by atoms with Crippen molar-refractivity contribution in [3.8, 4) is 0 Å². The van der Waals surface area contributed by atoms with E-state index in [2.05, 4.69) is 35.4 Å². The Balaban J connectivity index is 2.13. The molecule has 0 bridgehead atoms. The summed E-state index contributed by atoms with van der Waals surface area (Å²) >= 11 is 0. The van der Waals surface area contributed by atoms with E-state index in [1.165, 1.54) is 10.9 Å². The van der Waals surface area contributed by atoms with Gasteiger partial charge in [-0.3, -0.25) is 0 Å². The zero-order valence-electron chi connectivity index (χ0n) is 11.4. The Morgan fingerprint density at radius 3 is 2.74 bits per heavy atom. The largest absolute Gasteiger partial charge is 0.396 e. The maximum Gasteiger partial charge on any atom is 0.0597 e. The van der Waals surface area contributed by atoms with Gasteiger partial charge >= 0.3 is 0 Å². The number of benzene rings is 1. The van der Waals surface area contributed by atoms with Gasteiger partial charge < -0.3 is 20.1 Å². The molecule has 1 aromatic heterocycles. The smallest absolute Gasteiger partial charge is 0.0597 e. The first kappa shape index (κ1) is 12.7. The highest BCUT2D eigenvalue weighted by Gasteiger charge is 2.46. The third kappa shape index (κ3) is 1.79. The lowest BCUT2D eigenvalue weighted by Gasteiger charge is -2.46. The van der Waals surface area contributed by atoms with Crippen LogP contribution in [0.3, 0.4) is 0 Å². The van der Waals surface area contributed by atoms with Crippen LogP contribution in [0, 0.1) is 12.3 Å². The molecule has 1 aromatic carbocycles. The van der Waals surface area contributed by atoms with Crippen LogP contribution in [-0.2, 0) is 4.74 Å². The summed E-state index contributed by atoms with van der Waals surface area (Å²) in [6.45, 7) is 3.43. The molecule has 102 valence electrons. The molecule has 3 N–H and O–H groups in total. The Morgan fingerprint density at radius 2 is 2.16 bits per heavy atom. The number of aryl methyl sites for hydroxylation is 1. The summed E-state index contributed by atoms with van der Waals surface area (Å²) in [5.74, 6) is 0. The van der Waals surface area contributed by atoms with Crippen LogP contribution in [0.2, 0.25) is 0 Å². The van der Waals surface area contributed by atoms with E-state index in [1.54, 1.807) is 0 Å². The van der Waals surface area contributed by atoms with Gasteiger partial charge in [-0.05, 0) is 25.6 Å². The number of hydrogen-bond acceptors (Lipinski definition) is 3. The van der Waals surface area contributed by atoms with Crippen molar-refractivity contribution in [2.24, 2.45) is 5.41 Å². The average molecular weight is 260 g/mol. The summed E-state index contributed by atoms with van der Waals surface area (Å²) in [5.41, 5.74) is 3.34. The van der Waals surface area contributed by atoms with E-state index in [9.17, 15) is 5.11 Å². The van der Waals surface area contributed by atoms with Crippen LogP contribution in [0.1, 0.15) is 17.3 Å². The minimum absolute atomic E-state index is 0.0994. The van der Waals surface area contributed by atoms with Crippen LogP contribution < -0.4 is 5.32 Å². The molecular weight excluding hydrogens is 240 g/mol. The van der Waals surface area contributed by atoms with E-state index in [-0.39, 0.29) is 18.1 Å². The van der Waals surface area contributed by atoms with Crippen LogP contribution in [0.5, 0.6) is 0 Å². The predicted octanol–water partition coefficient (Wildman–Crippen LogP) is 1.75. The number of fused-ring (bicyclic) bond motifs is 1. The van der Waals surface area contributed by atoms with Crippen molar-refractivity contribution in [3.63, 3.8) is 0 Å².